The lowest BCUT2D eigenvalue weighted by Crippen LogP contribution is -2.37. The fraction of sp³-hybridized carbons (Fsp3) is 0.609. The van der Waals surface area contributed by atoms with E-state index < -0.39 is 38.3 Å². The maximum Gasteiger partial charge on any atom is 0.534 e. The summed E-state index contributed by atoms with van der Waals surface area (Å²) in [7, 11) is -5.92. The number of hydrogen-bond donors (Lipinski definition) is 1. The molecular weight excluding hydrogens is 501 g/mol. The molecule has 3 rings (SSSR count). The molecule has 2 aromatic rings. The van der Waals surface area contributed by atoms with Crippen LogP contribution in [0.2, 0.25) is 0 Å². The van der Waals surface area contributed by atoms with Crippen LogP contribution in [-0.4, -0.2) is 41.3 Å². The number of esters is 1. The SMILES string of the molecule is CCOC(=O)C1(Cc2cc(OS(=O)(=O)C(F)(F)F)cc(Nc3ccnn3C(C)(C)C)n2)CCCCC1. The lowest BCUT2D eigenvalue weighted by atomic mass is 9.71. The van der Waals surface area contributed by atoms with Gasteiger partial charge >= 0.3 is 21.6 Å². The maximum absolute atomic E-state index is 13.0. The molecule has 9 nitrogen and oxygen atoms in total. The molecule has 0 aliphatic heterocycles. The third kappa shape index (κ3) is 6.29. The Kier molecular flexibility index (Phi) is 7.92. The first-order chi connectivity index (χ1) is 16.7. The number of rotatable bonds is 8. The van der Waals surface area contributed by atoms with Crippen LogP contribution in [-0.2, 0) is 31.6 Å². The Morgan fingerprint density at radius 1 is 1.17 bits per heavy atom. The predicted molar refractivity (Wildman–Crippen MR) is 126 cm³/mol. The first-order valence-corrected chi connectivity index (χ1v) is 13.1. The minimum atomic E-state index is -5.92. The molecule has 1 fully saturated rings. The van der Waals surface area contributed by atoms with Crippen molar-refractivity contribution in [3.63, 3.8) is 0 Å². The molecule has 2 aromatic heterocycles. The molecule has 0 unspecified atom stereocenters. The summed E-state index contributed by atoms with van der Waals surface area (Å²) in [4.78, 5) is 17.4. The summed E-state index contributed by atoms with van der Waals surface area (Å²) in [5, 5.41) is 7.24. The van der Waals surface area contributed by atoms with E-state index in [-0.39, 0.29) is 24.5 Å². The van der Waals surface area contributed by atoms with Crippen LogP contribution in [0.1, 0.15) is 65.5 Å². The van der Waals surface area contributed by atoms with Crippen LogP contribution in [0.25, 0.3) is 0 Å². The van der Waals surface area contributed by atoms with Gasteiger partial charge in [-0.15, -0.1) is 0 Å². The molecule has 1 aliphatic carbocycles. The van der Waals surface area contributed by atoms with E-state index in [9.17, 15) is 26.4 Å². The van der Waals surface area contributed by atoms with E-state index >= 15 is 0 Å². The number of aromatic nitrogens is 3. The topological polar surface area (TPSA) is 112 Å². The van der Waals surface area contributed by atoms with E-state index in [2.05, 4.69) is 19.6 Å². The normalized spacial score (nSPS) is 16.4. The smallest absolute Gasteiger partial charge is 0.466 e. The molecule has 1 N–H and O–H groups in total. The van der Waals surface area contributed by atoms with Crippen LogP contribution in [0.15, 0.2) is 24.4 Å². The number of halogens is 3. The summed E-state index contributed by atoms with van der Waals surface area (Å²) in [5.41, 5.74) is -6.75. The van der Waals surface area contributed by atoms with Crippen LogP contribution in [0, 0.1) is 5.41 Å². The van der Waals surface area contributed by atoms with Crippen molar-refractivity contribution in [1.82, 2.24) is 14.8 Å². The van der Waals surface area contributed by atoms with Crippen molar-refractivity contribution in [2.24, 2.45) is 5.41 Å². The van der Waals surface area contributed by atoms with Gasteiger partial charge in [0, 0.05) is 30.3 Å². The molecule has 36 heavy (non-hydrogen) atoms. The van der Waals surface area contributed by atoms with Crippen molar-refractivity contribution in [1.29, 1.82) is 0 Å². The second kappa shape index (κ2) is 10.3. The molecule has 0 spiro atoms. The Balaban J connectivity index is 2.04. The molecular formula is C23H31F3N4O5S. The largest absolute Gasteiger partial charge is 0.534 e. The van der Waals surface area contributed by atoms with Crippen molar-refractivity contribution in [2.45, 2.75) is 77.3 Å². The number of nitrogens with one attached hydrogen (secondary N) is 1. The van der Waals surface area contributed by atoms with Crippen molar-refractivity contribution in [3.05, 3.63) is 30.1 Å². The standard InChI is InChI=1S/C23H31F3N4O5S/c1-5-34-20(31)22(10-7-6-8-11-22)15-16-13-17(35-36(32,33)23(24,25)26)14-18(28-16)29-19-9-12-27-30(19)21(2,3)4/h9,12-14H,5-8,10-11,15H2,1-4H3,(H,28,29). The molecule has 1 saturated carbocycles. The van der Waals surface area contributed by atoms with Crippen LogP contribution in [0.5, 0.6) is 5.75 Å². The van der Waals surface area contributed by atoms with Crippen molar-refractivity contribution >= 4 is 27.7 Å². The molecule has 0 bridgehead atoms. The molecule has 0 saturated heterocycles. The van der Waals surface area contributed by atoms with Crippen molar-refractivity contribution in [3.8, 4) is 5.75 Å². The molecule has 0 atom stereocenters. The first-order valence-electron chi connectivity index (χ1n) is 11.7. The number of pyridine rings is 1. The monoisotopic (exact) mass is 532 g/mol. The highest BCUT2D eigenvalue weighted by molar-refractivity contribution is 7.88. The van der Waals surface area contributed by atoms with Crippen LogP contribution in [0.3, 0.4) is 0 Å². The van der Waals surface area contributed by atoms with E-state index in [1.807, 2.05) is 20.8 Å². The summed E-state index contributed by atoms with van der Waals surface area (Å²) in [5.74, 6) is -0.451. The highest BCUT2D eigenvalue weighted by Gasteiger charge is 2.49. The van der Waals surface area contributed by atoms with Crippen molar-refractivity contribution < 1.29 is 35.3 Å². The third-order valence-electron chi connectivity index (χ3n) is 5.91. The average molecular weight is 533 g/mol. The number of carbonyl (C=O) groups excluding carboxylic acids is 1. The molecule has 1 aliphatic rings. The Hall–Kier alpha value is -2.83. The zero-order valence-corrected chi connectivity index (χ0v) is 21.5. The van der Waals surface area contributed by atoms with Gasteiger partial charge in [0.05, 0.1) is 23.8 Å². The van der Waals surface area contributed by atoms with Gasteiger partial charge in [-0.25, -0.2) is 9.67 Å². The van der Waals surface area contributed by atoms with Gasteiger partial charge in [0.15, 0.2) is 0 Å². The van der Waals surface area contributed by atoms with Gasteiger partial charge in [-0.3, -0.25) is 4.79 Å². The first kappa shape index (κ1) is 27.8. The zero-order chi connectivity index (χ0) is 26.8. The Labute approximate surface area is 208 Å². The predicted octanol–water partition coefficient (Wildman–Crippen LogP) is 5.06. The molecule has 2 heterocycles. The minimum absolute atomic E-state index is 0.0423. The Bertz CT molecular complexity index is 1180. The van der Waals surface area contributed by atoms with Gasteiger partial charge in [0.2, 0.25) is 0 Å². The molecule has 0 amide bonds. The van der Waals surface area contributed by atoms with Crippen molar-refractivity contribution in [2.75, 3.05) is 11.9 Å². The number of alkyl halides is 3. The summed E-state index contributed by atoms with van der Waals surface area (Å²) >= 11 is 0. The van der Waals surface area contributed by atoms with E-state index in [1.54, 1.807) is 23.9 Å². The highest BCUT2D eigenvalue weighted by atomic mass is 32.2. The number of hydrogen-bond acceptors (Lipinski definition) is 8. The molecule has 0 aromatic carbocycles. The van der Waals surface area contributed by atoms with E-state index in [1.165, 1.54) is 0 Å². The Morgan fingerprint density at radius 3 is 2.42 bits per heavy atom. The fourth-order valence-electron chi connectivity index (χ4n) is 4.31. The summed E-state index contributed by atoms with van der Waals surface area (Å²) in [6.45, 7) is 7.61. The lowest BCUT2D eigenvalue weighted by Gasteiger charge is -2.34. The lowest BCUT2D eigenvalue weighted by molar-refractivity contribution is -0.157. The van der Waals surface area contributed by atoms with E-state index in [0.29, 0.717) is 18.7 Å². The number of ether oxygens (including phenoxy) is 1. The number of carbonyl (C=O) groups is 1. The summed E-state index contributed by atoms with van der Waals surface area (Å²) in [6.07, 6.45) is 5.17. The second-order valence-electron chi connectivity index (χ2n) is 9.82. The van der Waals surface area contributed by atoms with Gasteiger partial charge in [-0.2, -0.15) is 26.7 Å². The van der Waals surface area contributed by atoms with E-state index in [4.69, 9.17) is 4.74 Å². The highest BCUT2D eigenvalue weighted by Crippen LogP contribution is 2.41. The molecule has 0 radical (unpaired) electrons. The quantitative estimate of drug-likeness (QED) is 0.285. The summed E-state index contributed by atoms with van der Waals surface area (Å²) in [6, 6.07) is 3.82. The van der Waals surface area contributed by atoms with Gasteiger partial charge in [0.25, 0.3) is 0 Å². The zero-order valence-electron chi connectivity index (χ0n) is 20.7. The van der Waals surface area contributed by atoms with Gasteiger partial charge < -0.3 is 14.2 Å². The number of nitrogens with zero attached hydrogens (tertiary/aromatic N) is 3. The van der Waals surface area contributed by atoms with Crippen LogP contribution < -0.4 is 9.50 Å². The van der Waals surface area contributed by atoms with Gasteiger partial charge in [-0.05, 0) is 40.5 Å². The number of anilines is 2. The fourth-order valence-corrected chi connectivity index (χ4v) is 4.76. The second-order valence-corrected chi connectivity index (χ2v) is 11.4. The average Bonchev–Trinajstić information content (AvgIpc) is 3.22. The van der Waals surface area contributed by atoms with Crippen LogP contribution in [0.4, 0.5) is 24.8 Å². The van der Waals surface area contributed by atoms with Crippen LogP contribution >= 0.6 is 0 Å². The molecule has 200 valence electrons. The maximum atomic E-state index is 13.0. The Morgan fingerprint density at radius 2 is 1.83 bits per heavy atom. The third-order valence-corrected chi connectivity index (χ3v) is 6.89. The van der Waals surface area contributed by atoms with Gasteiger partial charge in [-0.1, -0.05) is 19.3 Å². The molecule has 13 heteroatoms. The van der Waals surface area contributed by atoms with E-state index in [0.717, 1.165) is 31.4 Å². The summed E-state index contributed by atoms with van der Waals surface area (Å²) < 4.78 is 73.9. The van der Waals surface area contributed by atoms with Gasteiger partial charge in [0.1, 0.15) is 17.4 Å². The minimum Gasteiger partial charge on any atom is -0.466 e.